The van der Waals surface area contributed by atoms with Gasteiger partial charge in [0.1, 0.15) is 22.4 Å². The minimum atomic E-state index is -0.790. The highest BCUT2D eigenvalue weighted by Gasteiger charge is 2.32. The lowest BCUT2D eigenvalue weighted by Gasteiger charge is -2.33. The summed E-state index contributed by atoms with van der Waals surface area (Å²) < 4.78 is 37.6. The van der Waals surface area contributed by atoms with Crippen molar-refractivity contribution in [1.82, 2.24) is 24.1 Å². The first-order valence-electron chi connectivity index (χ1n) is 10.9. The molecule has 0 saturated carbocycles. The van der Waals surface area contributed by atoms with Crippen molar-refractivity contribution in [2.45, 2.75) is 44.8 Å². The largest absolute Gasteiger partial charge is 0.370 e. The summed E-state index contributed by atoms with van der Waals surface area (Å²) in [6.07, 6.45) is 6.26. The van der Waals surface area contributed by atoms with Gasteiger partial charge in [0.15, 0.2) is 5.65 Å². The summed E-state index contributed by atoms with van der Waals surface area (Å²) in [6.45, 7) is 3.58. The standard InChI is InChI=1S/C24H22ClF2N5O2/c1-12-6-14(7-20(34-12)15-9-28-31(3)10-15)19-11-32-23(29-13(2)21(25)24(32)33)22(30-19)17-5-4-16(26)8-18(17)27/h4-5,8-12,14,20H,6-7H2,1-3H3/t12-,14+,20-/m1/s1. The molecule has 0 unspecified atom stereocenters. The molecular weight excluding hydrogens is 464 g/mol. The SMILES string of the molecule is Cc1nc2c(-c3ccc(F)cc3F)nc([C@H]3C[C@@H](C)O[C@@H](c4cnn(C)c4)C3)cn2c(=O)c1Cl. The van der Waals surface area contributed by atoms with Crippen LogP contribution in [-0.2, 0) is 11.8 Å². The molecule has 0 spiro atoms. The molecule has 0 aliphatic carbocycles. The quantitative estimate of drug-likeness (QED) is 0.418. The molecule has 1 fully saturated rings. The molecule has 0 bridgehead atoms. The Hall–Kier alpha value is -3.17. The second kappa shape index (κ2) is 8.56. The number of ether oxygens (including phenoxy) is 1. The first kappa shape index (κ1) is 22.6. The van der Waals surface area contributed by atoms with E-state index in [1.54, 1.807) is 24.0 Å². The van der Waals surface area contributed by atoms with E-state index in [9.17, 15) is 13.6 Å². The van der Waals surface area contributed by atoms with Crippen molar-refractivity contribution < 1.29 is 13.5 Å². The predicted octanol–water partition coefficient (Wildman–Crippen LogP) is 4.75. The Balaban J connectivity index is 1.69. The maximum atomic E-state index is 14.8. The fourth-order valence-corrected chi connectivity index (χ4v) is 4.65. The van der Waals surface area contributed by atoms with Crippen LogP contribution in [-0.4, -0.2) is 30.3 Å². The van der Waals surface area contributed by atoms with E-state index in [-0.39, 0.29) is 40.1 Å². The number of aromatic nitrogens is 5. The maximum Gasteiger partial charge on any atom is 0.277 e. The van der Waals surface area contributed by atoms with Crippen molar-refractivity contribution in [2.75, 3.05) is 0 Å². The number of halogens is 3. The van der Waals surface area contributed by atoms with Crippen LogP contribution in [0.2, 0.25) is 5.02 Å². The van der Waals surface area contributed by atoms with E-state index in [1.807, 2.05) is 20.2 Å². The summed E-state index contributed by atoms with van der Waals surface area (Å²) in [6, 6.07) is 3.24. The monoisotopic (exact) mass is 485 g/mol. The Morgan fingerprint density at radius 2 is 1.97 bits per heavy atom. The first-order valence-corrected chi connectivity index (χ1v) is 11.3. The lowest BCUT2D eigenvalue weighted by atomic mass is 9.87. The third-order valence-corrected chi connectivity index (χ3v) is 6.59. The van der Waals surface area contributed by atoms with E-state index in [0.717, 1.165) is 17.7 Å². The Labute approximate surface area is 199 Å². The molecule has 5 rings (SSSR count). The second-order valence-corrected chi connectivity index (χ2v) is 9.08. The van der Waals surface area contributed by atoms with Crippen LogP contribution in [0.3, 0.4) is 0 Å². The van der Waals surface area contributed by atoms with Crippen molar-refractivity contribution in [1.29, 1.82) is 0 Å². The van der Waals surface area contributed by atoms with Crippen LogP contribution in [0.4, 0.5) is 8.78 Å². The smallest absolute Gasteiger partial charge is 0.277 e. The van der Waals surface area contributed by atoms with Crippen molar-refractivity contribution in [3.63, 3.8) is 0 Å². The molecule has 0 amide bonds. The Bertz CT molecular complexity index is 1470. The van der Waals surface area contributed by atoms with Gasteiger partial charge in [-0.15, -0.1) is 0 Å². The van der Waals surface area contributed by atoms with Gasteiger partial charge in [0, 0.05) is 42.6 Å². The average molecular weight is 486 g/mol. The number of benzene rings is 1. The molecule has 3 atom stereocenters. The third-order valence-electron chi connectivity index (χ3n) is 6.15. The summed E-state index contributed by atoms with van der Waals surface area (Å²) in [5.74, 6) is -1.58. The summed E-state index contributed by atoms with van der Waals surface area (Å²) in [7, 11) is 1.84. The number of aryl methyl sites for hydroxylation is 2. The zero-order chi connectivity index (χ0) is 24.1. The Morgan fingerprint density at radius 3 is 2.68 bits per heavy atom. The van der Waals surface area contributed by atoms with Gasteiger partial charge in [0.25, 0.3) is 5.56 Å². The summed E-state index contributed by atoms with van der Waals surface area (Å²) in [4.78, 5) is 22.2. The Morgan fingerprint density at radius 1 is 1.18 bits per heavy atom. The molecule has 176 valence electrons. The van der Waals surface area contributed by atoms with Gasteiger partial charge in [-0.25, -0.2) is 18.7 Å². The van der Waals surface area contributed by atoms with E-state index in [2.05, 4.69) is 10.1 Å². The molecule has 1 aromatic carbocycles. The highest BCUT2D eigenvalue weighted by Crippen LogP contribution is 2.40. The number of rotatable bonds is 3. The number of nitrogens with zero attached hydrogens (tertiary/aromatic N) is 5. The van der Waals surface area contributed by atoms with Gasteiger partial charge in [-0.3, -0.25) is 13.9 Å². The summed E-state index contributed by atoms with van der Waals surface area (Å²) in [5.41, 5.74) is 1.73. The van der Waals surface area contributed by atoms with Gasteiger partial charge in [-0.1, -0.05) is 11.6 Å². The van der Waals surface area contributed by atoms with Gasteiger partial charge < -0.3 is 4.74 Å². The molecule has 10 heteroatoms. The van der Waals surface area contributed by atoms with E-state index >= 15 is 0 Å². The van der Waals surface area contributed by atoms with Gasteiger partial charge in [0.05, 0.1) is 29.8 Å². The predicted molar refractivity (Wildman–Crippen MR) is 123 cm³/mol. The summed E-state index contributed by atoms with van der Waals surface area (Å²) >= 11 is 6.20. The van der Waals surface area contributed by atoms with Crippen LogP contribution in [0.15, 0.2) is 41.6 Å². The third kappa shape index (κ3) is 3.99. The van der Waals surface area contributed by atoms with Gasteiger partial charge >= 0.3 is 0 Å². The van der Waals surface area contributed by atoms with E-state index < -0.39 is 17.2 Å². The molecule has 1 saturated heterocycles. The van der Waals surface area contributed by atoms with Crippen LogP contribution in [0.25, 0.3) is 16.9 Å². The highest BCUT2D eigenvalue weighted by molar-refractivity contribution is 6.31. The highest BCUT2D eigenvalue weighted by atomic mass is 35.5. The van der Waals surface area contributed by atoms with Gasteiger partial charge in [0.2, 0.25) is 0 Å². The van der Waals surface area contributed by atoms with Gasteiger partial charge in [-0.2, -0.15) is 5.10 Å². The van der Waals surface area contributed by atoms with Crippen LogP contribution in [0.1, 0.15) is 48.7 Å². The molecule has 4 heterocycles. The minimum absolute atomic E-state index is 0.0197. The van der Waals surface area contributed by atoms with E-state index in [4.69, 9.17) is 21.3 Å². The van der Waals surface area contributed by atoms with Crippen LogP contribution < -0.4 is 5.56 Å². The molecule has 3 aromatic heterocycles. The lowest BCUT2D eigenvalue weighted by Crippen LogP contribution is -2.27. The second-order valence-electron chi connectivity index (χ2n) is 8.70. The molecule has 1 aliphatic rings. The number of hydrogen-bond donors (Lipinski definition) is 0. The zero-order valence-corrected chi connectivity index (χ0v) is 19.6. The summed E-state index contributed by atoms with van der Waals surface area (Å²) in [5, 5.41) is 4.22. The van der Waals surface area contributed by atoms with Gasteiger partial charge in [-0.05, 0) is 38.8 Å². The molecule has 0 radical (unpaired) electrons. The molecular formula is C24H22ClF2N5O2. The number of hydrogen-bond acceptors (Lipinski definition) is 5. The Kier molecular flexibility index (Phi) is 5.69. The van der Waals surface area contributed by atoms with Crippen molar-refractivity contribution in [3.8, 4) is 11.3 Å². The molecule has 4 aromatic rings. The molecule has 0 N–H and O–H groups in total. The van der Waals surface area contributed by atoms with Crippen LogP contribution >= 0.6 is 11.6 Å². The van der Waals surface area contributed by atoms with Crippen molar-refractivity contribution in [2.24, 2.45) is 7.05 Å². The zero-order valence-electron chi connectivity index (χ0n) is 18.8. The van der Waals surface area contributed by atoms with Crippen molar-refractivity contribution >= 4 is 17.2 Å². The van der Waals surface area contributed by atoms with Crippen molar-refractivity contribution in [3.05, 3.63) is 80.8 Å². The fraction of sp³-hybridized carbons (Fsp3) is 0.333. The lowest BCUT2D eigenvalue weighted by molar-refractivity contribution is -0.0506. The van der Waals surface area contributed by atoms with Crippen LogP contribution in [0, 0.1) is 18.6 Å². The maximum absolute atomic E-state index is 14.8. The van der Waals surface area contributed by atoms with E-state index in [1.165, 1.54) is 10.5 Å². The average Bonchev–Trinajstić information content (AvgIpc) is 3.23. The molecule has 1 aliphatic heterocycles. The fourth-order valence-electron chi connectivity index (χ4n) is 4.51. The minimum Gasteiger partial charge on any atom is -0.370 e. The normalized spacial score (nSPS) is 20.7. The molecule has 34 heavy (non-hydrogen) atoms. The van der Waals surface area contributed by atoms with Crippen LogP contribution in [0.5, 0.6) is 0 Å². The van der Waals surface area contributed by atoms with E-state index in [0.29, 0.717) is 24.2 Å². The molecule has 7 nitrogen and oxygen atoms in total. The first-order chi connectivity index (χ1) is 16.2. The topological polar surface area (TPSA) is 74.3 Å². The number of fused-ring (bicyclic) bond motifs is 1.